The van der Waals surface area contributed by atoms with Crippen LogP contribution in [0, 0.1) is 5.92 Å². The maximum Gasteiger partial charge on any atom is 0.319 e. The Labute approximate surface area is 81.3 Å². The molecule has 0 aliphatic carbocycles. The number of rotatable bonds is 2. The van der Waals surface area contributed by atoms with Crippen LogP contribution in [0.4, 0.5) is 0 Å². The lowest BCUT2D eigenvalue weighted by atomic mass is 9.85. The number of Topliss-reactive ketones (excluding diaryl/α,β-unsaturated/α-hetero) is 1. The number of hydrogen-bond acceptors (Lipinski definition) is 5. The van der Waals surface area contributed by atoms with Crippen molar-refractivity contribution in [3.63, 3.8) is 0 Å². The highest BCUT2D eigenvalue weighted by molar-refractivity contribution is 6.02. The Balaban J connectivity index is 2.13. The summed E-state index contributed by atoms with van der Waals surface area (Å²) in [5.74, 6) is -1.47. The standard InChI is InChI=1S/C9H12O5/c1-2-13-8(11)7-6(10)3-14-9(7)4-12-5-9/h7H,2-5H2,1H3. The predicted molar refractivity (Wildman–Crippen MR) is 44.6 cm³/mol. The molecule has 78 valence electrons. The first kappa shape index (κ1) is 9.61. The predicted octanol–water partition coefficient (Wildman–Crippen LogP) is -0.466. The highest BCUT2D eigenvalue weighted by atomic mass is 16.6. The molecule has 0 aromatic carbocycles. The van der Waals surface area contributed by atoms with Gasteiger partial charge in [0.25, 0.3) is 0 Å². The van der Waals surface area contributed by atoms with Crippen molar-refractivity contribution >= 4 is 11.8 Å². The van der Waals surface area contributed by atoms with Crippen LogP contribution in [0.3, 0.4) is 0 Å². The molecule has 2 saturated heterocycles. The lowest BCUT2D eigenvalue weighted by Crippen LogP contribution is -2.57. The first-order valence-corrected chi connectivity index (χ1v) is 4.60. The van der Waals surface area contributed by atoms with Crippen LogP contribution in [0.1, 0.15) is 6.92 Å². The molecule has 1 spiro atoms. The molecule has 2 aliphatic heterocycles. The van der Waals surface area contributed by atoms with E-state index in [1.807, 2.05) is 0 Å². The van der Waals surface area contributed by atoms with Gasteiger partial charge in [-0.2, -0.15) is 0 Å². The van der Waals surface area contributed by atoms with Gasteiger partial charge in [-0.25, -0.2) is 0 Å². The van der Waals surface area contributed by atoms with Crippen molar-refractivity contribution in [2.75, 3.05) is 26.4 Å². The summed E-state index contributed by atoms with van der Waals surface area (Å²) in [6.45, 7) is 2.60. The minimum atomic E-state index is -0.781. The number of ether oxygens (including phenoxy) is 3. The smallest absolute Gasteiger partial charge is 0.319 e. The lowest BCUT2D eigenvalue weighted by molar-refractivity contribution is -0.210. The van der Waals surface area contributed by atoms with Gasteiger partial charge in [-0.05, 0) is 6.92 Å². The van der Waals surface area contributed by atoms with Crippen LogP contribution in [-0.2, 0) is 23.8 Å². The van der Waals surface area contributed by atoms with Crippen molar-refractivity contribution in [1.82, 2.24) is 0 Å². The van der Waals surface area contributed by atoms with Crippen molar-refractivity contribution < 1.29 is 23.8 Å². The van der Waals surface area contributed by atoms with E-state index >= 15 is 0 Å². The van der Waals surface area contributed by atoms with Crippen LogP contribution in [0.15, 0.2) is 0 Å². The second kappa shape index (κ2) is 3.33. The van der Waals surface area contributed by atoms with Crippen molar-refractivity contribution in [2.24, 2.45) is 5.92 Å². The second-order valence-corrected chi connectivity index (χ2v) is 3.50. The molecular formula is C9H12O5. The van der Waals surface area contributed by atoms with Gasteiger partial charge in [0.15, 0.2) is 11.7 Å². The highest BCUT2D eigenvalue weighted by Gasteiger charge is 2.59. The summed E-state index contributed by atoms with van der Waals surface area (Å²) in [7, 11) is 0. The summed E-state index contributed by atoms with van der Waals surface area (Å²) in [6.07, 6.45) is 0. The van der Waals surface area contributed by atoms with E-state index in [0.717, 1.165) is 0 Å². The van der Waals surface area contributed by atoms with Gasteiger partial charge in [0.2, 0.25) is 0 Å². The summed E-state index contributed by atoms with van der Waals surface area (Å²) < 4.78 is 15.1. The Kier molecular flexibility index (Phi) is 2.28. The molecule has 1 unspecified atom stereocenters. The molecule has 0 radical (unpaired) electrons. The van der Waals surface area contributed by atoms with E-state index in [-0.39, 0.29) is 19.0 Å². The van der Waals surface area contributed by atoms with Gasteiger partial charge in [0, 0.05) is 0 Å². The Morgan fingerprint density at radius 1 is 1.64 bits per heavy atom. The average molecular weight is 200 g/mol. The van der Waals surface area contributed by atoms with Crippen LogP contribution in [0.25, 0.3) is 0 Å². The molecule has 0 aromatic heterocycles. The zero-order chi connectivity index (χ0) is 10.2. The van der Waals surface area contributed by atoms with Crippen LogP contribution < -0.4 is 0 Å². The Hall–Kier alpha value is -0.940. The van der Waals surface area contributed by atoms with Gasteiger partial charge < -0.3 is 14.2 Å². The molecule has 2 fully saturated rings. The van der Waals surface area contributed by atoms with Gasteiger partial charge >= 0.3 is 5.97 Å². The fourth-order valence-electron chi connectivity index (χ4n) is 1.80. The van der Waals surface area contributed by atoms with E-state index in [2.05, 4.69) is 0 Å². The molecule has 2 aliphatic rings. The fourth-order valence-corrected chi connectivity index (χ4v) is 1.80. The maximum absolute atomic E-state index is 11.5. The largest absolute Gasteiger partial charge is 0.465 e. The SMILES string of the molecule is CCOC(=O)C1C(=O)COC12COC2. The van der Waals surface area contributed by atoms with Crippen molar-refractivity contribution in [3.05, 3.63) is 0 Å². The van der Waals surface area contributed by atoms with E-state index in [0.29, 0.717) is 13.2 Å². The molecule has 0 amide bonds. The first-order valence-electron chi connectivity index (χ1n) is 4.60. The van der Waals surface area contributed by atoms with Crippen LogP contribution >= 0.6 is 0 Å². The number of hydrogen-bond donors (Lipinski definition) is 0. The summed E-state index contributed by atoms with van der Waals surface area (Å²) >= 11 is 0. The molecular weight excluding hydrogens is 188 g/mol. The summed E-state index contributed by atoms with van der Waals surface area (Å²) in [4.78, 5) is 22.9. The van der Waals surface area contributed by atoms with E-state index in [1.54, 1.807) is 6.92 Å². The summed E-state index contributed by atoms with van der Waals surface area (Å²) in [5.41, 5.74) is -0.719. The van der Waals surface area contributed by atoms with E-state index in [4.69, 9.17) is 14.2 Å². The minimum absolute atomic E-state index is 0.00710. The number of esters is 1. The molecule has 5 nitrogen and oxygen atoms in total. The third kappa shape index (κ3) is 1.24. The quantitative estimate of drug-likeness (QED) is 0.445. The zero-order valence-electron chi connectivity index (χ0n) is 7.95. The maximum atomic E-state index is 11.5. The van der Waals surface area contributed by atoms with Crippen molar-refractivity contribution in [1.29, 1.82) is 0 Å². The molecule has 2 rings (SSSR count). The van der Waals surface area contributed by atoms with E-state index < -0.39 is 17.5 Å². The van der Waals surface area contributed by atoms with Gasteiger partial charge in [-0.15, -0.1) is 0 Å². The fraction of sp³-hybridized carbons (Fsp3) is 0.778. The average Bonchev–Trinajstić information content (AvgIpc) is 2.42. The number of ketones is 1. The molecule has 0 saturated carbocycles. The molecule has 0 N–H and O–H groups in total. The molecule has 1 atom stereocenters. The molecule has 14 heavy (non-hydrogen) atoms. The molecule has 0 aromatic rings. The topological polar surface area (TPSA) is 61.8 Å². The number of carbonyl (C=O) groups is 2. The van der Waals surface area contributed by atoms with E-state index in [1.165, 1.54) is 0 Å². The third-order valence-electron chi connectivity index (χ3n) is 2.57. The van der Waals surface area contributed by atoms with Crippen molar-refractivity contribution in [2.45, 2.75) is 12.5 Å². The summed E-state index contributed by atoms with van der Waals surface area (Å²) in [6, 6.07) is 0. The Morgan fingerprint density at radius 3 is 2.86 bits per heavy atom. The van der Waals surface area contributed by atoms with Crippen LogP contribution in [0.2, 0.25) is 0 Å². The van der Waals surface area contributed by atoms with Crippen LogP contribution in [0.5, 0.6) is 0 Å². The normalized spacial score (nSPS) is 28.9. The summed E-state index contributed by atoms with van der Waals surface area (Å²) in [5, 5.41) is 0. The molecule has 5 heteroatoms. The second-order valence-electron chi connectivity index (χ2n) is 3.50. The Bertz CT molecular complexity index is 268. The Morgan fingerprint density at radius 2 is 2.36 bits per heavy atom. The van der Waals surface area contributed by atoms with Gasteiger partial charge in [-0.1, -0.05) is 0 Å². The highest BCUT2D eigenvalue weighted by Crippen LogP contribution is 2.37. The lowest BCUT2D eigenvalue weighted by Gasteiger charge is -2.39. The van der Waals surface area contributed by atoms with Gasteiger partial charge in [-0.3, -0.25) is 9.59 Å². The monoisotopic (exact) mass is 200 g/mol. The van der Waals surface area contributed by atoms with E-state index in [9.17, 15) is 9.59 Å². The zero-order valence-corrected chi connectivity index (χ0v) is 7.95. The van der Waals surface area contributed by atoms with Crippen LogP contribution in [-0.4, -0.2) is 43.8 Å². The third-order valence-corrected chi connectivity index (χ3v) is 2.57. The van der Waals surface area contributed by atoms with Gasteiger partial charge in [0.1, 0.15) is 12.2 Å². The molecule has 2 heterocycles. The number of carbonyl (C=O) groups excluding carboxylic acids is 2. The van der Waals surface area contributed by atoms with Gasteiger partial charge in [0.05, 0.1) is 19.8 Å². The van der Waals surface area contributed by atoms with Crippen molar-refractivity contribution in [3.8, 4) is 0 Å². The molecule has 0 bridgehead atoms. The first-order chi connectivity index (χ1) is 6.69. The minimum Gasteiger partial charge on any atom is -0.465 e.